The highest BCUT2D eigenvalue weighted by atomic mass is 79.9. The molecule has 0 bridgehead atoms. The number of carboxylic acid groups (broad SMARTS) is 1. The summed E-state index contributed by atoms with van der Waals surface area (Å²) in [6.45, 7) is 0. The SMILES string of the molecule is O=C(O)c1ccc2c(Br)ccc(O)c2n1. The molecule has 0 amide bonds. The van der Waals surface area contributed by atoms with Crippen LogP contribution in [-0.2, 0) is 0 Å². The Bertz CT molecular complexity index is 554. The maximum Gasteiger partial charge on any atom is 0.354 e. The molecule has 0 radical (unpaired) electrons. The highest BCUT2D eigenvalue weighted by Crippen LogP contribution is 2.29. The molecule has 0 saturated carbocycles. The van der Waals surface area contributed by atoms with Crippen molar-refractivity contribution < 1.29 is 15.0 Å². The van der Waals surface area contributed by atoms with E-state index in [1.54, 1.807) is 12.1 Å². The van der Waals surface area contributed by atoms with Crippen LogP contribution in [-0.4, -0.2) is 21.2 Å². The molecule has 0 fully saturated rings. The van der Waals surface area contributed by atoms with Crippen LogP contribution in [0.2, 0.25) is 0 Å². The van der Waals surface area contributed by atoms with E-state index in [2.05, 4.69) is 20.9 Å². The maximum absolute atomic E-state index is 10.7. The van der Waals surface area contributed by atoms with Gasteiger partial charge in [-0.3, -0.25) is 0 Å². The number of aromatic carboxylic acids is 1. The number of benzene rings is 1. The van der Waals surface area contributed by atoms with E-state index >= 15 is 0 Å². The summed E-state index contributed by atoms with van der Waals surface area (Å²) < 4.78 is 0.764. The highest BCUT2D eigenvalue weighted by molar-refractivity contribution is 9.10. The van der Waals surface area contributed by atoms with E-state index in [0.29, 0.717) is 5.39 Å². The first-order chi connectivity index (χ1) is 7.09. The van der Waals surface area contributed by atoms with Gasteiger partial charge < -0.3 is 10.2 Å². The van der Waals surface area contributed by atoms with Gasteiger partial charge in [0.2, 0.25) is 0 Å². The van der Waals surface area contributed by atoms with Gasteiger partial charge in [-0.15, -0.1) is 0 Å². The van der Waals surface area contributed by atoms with E-state index in [1.165, 1.54) is 12.1 Å². The van der Waals surface area contributed by atoms with Crippen molar-refractivity contribution in [2.75, 3.05) is 0 Å². The number of aromatic hydroxyl groups is 1. The monoisotopic (exact) mass is 267 g/mol. The Kier molecular flexibility index (Phi) is 2.32. The van der Waals surface area contributed by atoms with Crippen LogP contribution >= 0.6 is 15.9 Å². The molecule has 76 valence electrons. The molecule has 0 unspecified atom stereocenters. The Hall–Kier alpha value is -1.62. The smallest absolute Gasteiger partial charge is 0.354 e. The lowest BCUT2D eigenvalue weighted by atomic mass is 10.2. The third-order valence-corrected chi connectivity index (χ3v) is 2.69. The zero-order valence-electron chi connectivity index (χ0n) is 7.44. The van der Waals surface area contributed by atoms with Gasteiger partial charge in [0.1, 0.15) is 17.0 Å². The van der Waals surface area contributed by atoms with Crippen LogP contribution in [0.4, 0.5) is 0 Å². The average Bonchev–Trinajstić information content (AvgIpc) is 2.23. The zero-order valence-corrected chi connectivity index (χ0v) is 9.02. The fourth-order valence-electron chi connectivity index (χ4n) is 1.29. The molecule has 1 aromatic carbocycles. The molecule has 15 heavy (non-hydrogen) atoms. The molecule has 0 saturated heterocycles. The molecule has 0 aliphatic heterocycles. The number of halogens is 1. The fraction of sp³-hybridized carbons (Fsp3) is 0. The van der Waals surface area contributed by atoms with E-state index in [0.717, 1.165) is 4.47 Å². The van der Waals surface area contributed by atoms with Gasteiger partial charge in [-0.25, -0.2) is 9.78 Å². The first kappa shape index (κ1) is 9.92. The molecule has 2 aromatic rings. The Morgan fingerprint density at radius 3 is 2.67 bits per heavy atom. The van der Waals surface area contributed by atoms with Crippen molar-refractivity contribution in [3.8, 4) is 5.75 Å². The van der Waals surface area contributed by atoms with E-state index in [1.807, 2.05) is 0 Å². The number of aromatic nitrogens is 1. The van der Waals surface area contributed by atoms with E-state index in [-0.39, 0.29) is 17.0 Å². The molecule has 1 aromatic heterocycles. The van der Waals surface area contributed by atoms with Gasteiger partial charge in [-0.2, -0.15) is 0 Å². The summed E-state index contributed by atoms with van der Waals surface area (Å²) in [4.78, 5) is 14.5. The van der Waals surface area contributed by atoms with Crippen molar-refractivity contribution in [2.45, 2.75) is 0 Å². The van der Waals surface area contributed by atoms with Crippen molar-refractivity contribution in [1.29, 1.82) is 0 Å². The Balaban J connectivity index is 2.81. The van der Waals surface area contributed by atoms with E-state index in [4.69, 9.17) is 5.11 Å². The van der Waals surface area contributed by atoms with Crippen molar-refractivity contribution >= 4 is 32.8 Å². The van der Waals surface area contributed by atoms with Crippen LogP contribution in [0.15, 0.2) is 28.7 Å². The summed E-state index contributed by atoms with van der Waals surface area (Å²) in [5.41, 5.74) is 0.195. The molecule has 2 N–H and O–H groups in total. The summed E-state index contributed by atoms with van der Waals surface area (Å²) in [5.74, 6) is -1.15. The second kappa shape index (κ2) is 3.51. The van der Waals surface area contributed by atoms with Crippen molar-refractivity contribution in [1.82, 2.24) is 4.98 Å². The number of carboxylic acids is 1. The largest absolute Gasteiger partial charge is 0.506 e. The number of carbonyl (C=O) groups is 1. The summed E-state index contributed by atoms with van der Waals surface area (Å²) in [5, 5.41) is 19.0. The van der Waals surface area contributed by atoms with Crippen LogP contribution < -0.4 is 0 Å². The van der Waals surface area contributed by atoms with Crippen LogP contribution in [0.1, 0.15) is 10.5 Å². The van der Waals surface area contributed by atoms with Gasteiger partial charge >= 0.3 is 5.97 Å². The molecule has 0 atom stereocenters. The van der Waals surface area contributed by atoms with Gasteiger partial charge in [0, 0.05) is 9.86 Å². The van der Waals surface area contributed by atoms with Crippen LogP contribution in [0, 0.1) is 0 Å². The Morgan fingerprint density at radius 1 is 1.27 bits per heavy atom. The van der Waals surface area contributed by atoms with Crippen LogP contribution in [0.25, 0.3) is 10.9 Å². The molecule has 0 aliphatic rings. The summed E-state index contributed by atoms with van der Waals surface area (Å²) in [7, 11) is 0. The average molecular weight is 268 g/mol. The maximum atomic E-state index is 10.7. The second-order valence-corrected chi connectivity index (χ2v) is 3.82. The van der Waals surface area contributed by atoms with Gasteiger partial charge in [0.25, 0.3) is 0 Å². The molecule has 1 heterocycles. The third kappa shape index (κ3) is 1.66. The number of hydrogen-bond acceptors (Lipinski definition) is 3. The van der Waals surface area contributed by atoms with Gasteiger partial charge in [0.15, 0.2) is 0 Å². The normalized spacial score (nSPS) is 10.5. The Morgan fingerprint density at radius 2 is 2.00 bits per heavy atom. The number of phenolic OH excluding ortho intramolecular Hbond substituents is 1. The van der Waals surface area contributed by atoms with Crippen molar-refractivity contribution in [3.05, 3.63) is 34.4 Å². The number of nitrogens with zero attached hydrogens (tertiary/aromatic N) is 1. The second-order valence-electron chi connectivity index (χ2n) is 2.96. The third-order valence-electron chi connectivity index (χ3n) is 2.00. The molecular formula is C10H6BrNO3. The number of phenols is 1. The Labute approximate surface area is 93.3 Å². The molecule has 0 spiro atoms. The minimum absolute atomic E-state index is 0.0312. The molecular weight excluding hydrogens is 262 g/mol. The lowest BCUT2D eigenvalue weighted by molar-refractivity contribution is 0.0691. The van der Waals surface area contributed by atoms with Crippen LogP contribution in [0.5, 0.6) is 5.75 Å². The summed E-state index contributed by atoms with van der Waals surface area (Å²) in [6.07, 6.45) is 0. The van der Waals surface area contributed by atoms with Gasteiger partial charge in [-0.1, -0.05) is 15.9 Å². The predicted molar refractivity (Wildman–Crippen MR) is 58.1 cm³/mol. The number of rotatable bonds is 1. The topological polar surface area (TPSA) is 70.4 Å². The minimum atomic E-state index is -1.11. The quantitative estimate of drug-likeness (QED) is 0.833. The van der Waals surface area contributed by atoms with E-state index < -0.39 is 5.97 Å². The van der Waals surface area contributed by atoms with Crippen molar-refractivity contribution in [2.24, 2.45) is 0 Å². The molecule has 5 heteroatoms. The first-order valence-electron chi connectivity index (χ1n) is 4.11. The van der Waals surface area contributed by atoms with E-state index in [9.17, 15) is 9.90 Å². The highest BCUT2D eigenvalue weighted by Gasteiger charge is 2.09. The molecule has 2 rings (SSSR count). The standard InChI is InChI=1S/C10H6BrNO3/c11-6-2-4-8(13)9-5(6)1-3-7(12-9)10(14)15/h1-4,13H,(H,14,15). The van der Waals surface area contributed by atoms with Crippen molar-refractivity contribution in [3.63, 3.8) is 0 Å². The van der Waals surface area contributed by atoms with Gasteiger partial charge in [0.05, 0.1) is 0 Å². The van der Waals surface area contributed by atoms with Gasteiger partial charge in [-0.05, 0) is 24.3 Å². The van der Waals surface area contributed by atoms with Crippen LogP contribution in [0.3, 0.4) is 0 Å². The lowest BCUT2D eigenvalue weighted by Gasteiger charge is -2.03. The number of hydrogen-bond donors (Lipinski definition) is 2. The zero-order chi connectivity index (χ0) is 11.0. The minimum Gasteiger partial charge on any atom is -0.506 e. The summed E-state index contributed by atoms with van der Waals surface area (Å²) >= 11 is 3.29. The molecule has 4 nitrogen and oxygen atoms in total. The summed E-state index contributed by atoms with van der Waals surface area (Å²) in [6, 6.07) is 6.15. The molecule has 0 aliphatic carbocycles. The fourth-order valence-corrected chi connectivity index (χ4v) is 1.74. The predicted octanol–water partition coefficient (Wildman–Crippen LogP) is 2.40. The number of pyridine rings is 1. The lowest BCUT2D eigenvalue weighted by Crippen LogP contribution is -1.99. The first-order valence-corrected chi connectivity index (χ1v) is 4.90. The number of fused-ring (bicyclic) bond motifs is 1.